The van der Waals surface area contributed by atoms with Gasteiger partial charge in [0.25, 0.3) is 0 Å². The molecule has 0 aliphatic carbocycles. The largest absolute Gasteiger partial charge is 0.458 e. The molecular formula is C28H49N5O9. The van der Waals surface area contributed by atoms with Gasteiger partial charge in [0.15, 0.2) is 0 Å². The number of esters is 1. The lowest BCUT2D eigenvalue weighted by Gasteiger charge is -2.31. The SMILES string of the molecule is CCCCCCCC(=O)NC1C(=O)NC(CO)C(=O)NC(CO)C(=O)NC(C(C)C)C(=O)NC(C(C)C)C(=O)OC1C. The first-order chi connectivity index (χ1) is 19.8. The highest BCUT2D eigenvalue weighted by atomic mass is 16.5. The van der Waals surface area contributed by atoms with Crippen molar-refractivity contribution in [3.8, 4) is 0 Å². The molecule has 1 aliphatic heterocycles. The van der Waals surface area contributed by atoms with E-state index in [0.29, 0.717) is 6.42 Å². The third kappa shape index (κ3) is 11.6. The zero-order valence-corrected chi connectivity index (χ0v) is 25.5. The second-order valence-corrected chi connectivity index (χ2v) is 11.3. The Kier molecular flexibility index (Phi) is 16.0. The van der Waals surface area contributed by atoms with Gasteiger partial charge in [0.1, 0.15) is 36.3 Å². The van der Waals surface area contributed by atoms with E-state index in [1.807, 2.05) is 0 Å². The zero-order valence-electron chi connectivity index (χ0n) is 25.5. The van der Waals surface area contributed by atoms with Crippen LogP contribution in [-0.4, -0.2) is 95.2 Å². The molecule has 14 nitrogen and oxygen atoms in total. The van der Waals surface area contributed by atoms with E-state index in [9.17, 15) is 39.0 Å². The summed E-state index contributed by atoms with van der Waals surface area (Å²) in [6.45, 7) is 8.40. The number of carbonyl (C=O) groups excluding carboxylic acids is 6. The molecule has 6 atom stereocenters. The molecule has 0 bridgehead atoms. The highest BCUT2D eigenvalue weighted by molar-refractivity contribution is 5.96. The predicted octanol–water partition coefficient (Wildman–Crippen LogP) is -0.987. The number of amides is 5. The molecule has 0 aromatic carbocycles. The van der Waals surface area contributed by atoms with Crippen LogP contribution in [0.5, 0.6) is 0 Å². The van der Waals surface area contributed by atoms with Gasteiger partial charge in [-0.3, -0.25) is 24.0 Å². The fourth-order valence-corrected chi connectivity index (χ4v) is 4.31. The maximum Gasteiger partial charge on any atom is 0.329 e. The topological polar surface area (TPSA) is 212 Å². The number of rotatable bonds is 11. The molecule has 1 saturated heterocycles. The Hall–Kier alpha value is -3.26. The summed E-state index contributed by atoms with van der Waals surface area (Å²) in [7, 11) is 0. The van der Waals surface area contributed by atoms with E-state index < -0.39 is 96.9 Å². The molecular weight excluding hydrogens is 550 g/mol. The van der Waals surface area contributed by atoms with Crippen LogP contribution in [0.2, 0.25) is 0 Å². The van der Waals surface area contributed by atoms with Crippen molar-refractivity contribution < 1.29 is 43.7 Å². The number of ether oxygens (including phenoxy) is 1. The highest BCUT2D eigenvalue weighted by Gasteiger charge is 2.38. The fraction of sp³-hybridized carbons (Fsp3) is 0.786. The first kappa shape index (κ1) is 36.8. The second kappa shape index (κ2) is 18.3. The van der Waals surface area contributed by atoms with Crippen molar-refractivity contribution in [3.05, 3.63) is 0 Å². The number of aliphatic hydroxyl groups excluding tert-OH is 2. The van der Waals surface area contributed by atoms with Gasteiger partial charge in [-0.15, -0.1) is 0 Å². The molecule has 7 N–H and O–H groups in total. The van der Waals surface area contributed by atoms with Crippen molar-refractivity contribution in [2.45, 2.75) is 116 Å². The van der Waals surface area contributed by atoms with Gasteiger partial charge in [-0.05, 0) is 25.2 Å². The summed E-state index contributed by atoms with van der Waals surface area (Å²) in [6, 6.07) is -6.84. The Bertz CT molecular complexity index is 943. The van der Waals surface area contributed by atoms with Crippen LogP contribution >= 0.6 is 0 Å². The molecule has 1 heterocycles. The Morgan fingerprint density at radius 2 is 1.26 bits per heavy atom. The zero-order chi connectivity index (χ0) is 32.0. The van der Waals surface area contributed by atoms with Crippen LogP contribution in [0.3, 0.4) is 0 Å². The van der Waals surface area contributed by atoms with Gasteiger partial charge in [0.2, 0.25) is 29.5 Å². The Labute approximate surface area is 247 Å². The number of unbranched alkanes of at least 4 members (excludes halogenated alkanes) is 4. The van der Waals surface area contributed by atoms with E-state index in [-0.39, 0.29) is 6.42 Å². The number of aliphatic hydroxyl groups is 2. The van der Waals surface area contributed by atoms with E-state index >= 15 is 0 Å². The normalized spacial score (nSPS) is 26.7. The third-order valence-electron chi connectivity index (χ3n) is 6.97. The second-order valence-electron chi connectivity index (χ2n) is 11.3. The molecule has 0 saturated carbocycles. The summed E-state index contributed by atoms with van der Waals surface area (Å²) >= 11 is 0. The standard InChI is InChI=1S/C28H49N5O9/c1-7-8-9-10-11-12-20(36)31-23-17(6)42-28(41)22(16(4)5)33-26(39)21(15(2)3)32-25(38)19(14-35)29-24(37)18(13-34)30-27(23)40/h15-19,21-23,34-35H,7-14H2,1-6H3,(H,29,37)(H,30,40)(H,31,36)(H,32,38)(H,33,39). The van der Waals surface area contributed by atoms with Gasteiger partial charge in [0.05, 0.1) is 13.2 Å². The molecule has 240 valence electrons. The fourth-order valence-electron chi connectivity index (χ4n) is 4.31. The first-order valence-electron chi connectivity index (χ1n) is 14.7. The third-order valence-corrected chi connectivity index (χ3v) is 6.97. The first-order valence-corrected chi connectivity index (χ1v) is 14.7. The lowest BCUT2D eigenvalue weighted by Crippen LogP contribution is -2.63. The molecule has 6 unspecified atom stereocenters. The molecule has 0 aromatic heterocycles. The van der Waals surface area contributed by atoms with Crippen molar-refractivity contribution in [1.29, 1.82) is 0 Å². The molecule has 0 radical (unpaired) electrons. The van der Waals surface area contributed by atoms with Crippen LogP contribution in [-0.2, 0) is 33.5 Å². The van der Waals surface area contributed by atoms with Crippen molar-refractivity contribution in [2.24, 2.45) is 11.8 Å². The smallest absolute Gasteiger partial charge is 0.329 e. The number of carbonyl (C=O) groups is 6. The Morgan fingerprint density at radius 3 is 1.79 bits per heavy atom. The number of nitrogens with one attached hydrogen (secondary N) is 5. The van der Waals surface area contributed by atoms with Crippen molar-refractivity contribution in [3.63, 3.8) is 0 Å². The molecule has 1 aliphatic rings. The lowest BCUT2D eigenvalue weighted by molar-refractivity contribution is -0.157. The summed E-state index contributed by atoms with van der Waals surface area (Å²) in [5, 5.41) is 31.8. The van der Waals surface area contributed by atoms with Gasteiger partial charge in [-0.25, -0.2) is 4.79 Å². The molecule has 5 amide bonds. The predicted molar refractivity (Wildman–Crippen MR) is 152 cm³/mol. The van der Waals surface area contributed by atoms with Crippen LogP contribution in [0.1, 0.15) is 80.1 Å². The summed E-state index contributed by atoms with van der Waals surface area (Å²) in [4.78, 5) is 78.2. The van der Waals surface area contributed by atoms with E-state index in [2.05, 4.69) is 33.5 Å². The number of hydrogen-bond donors (Lipinski definition) is 7. The Morgan fingerprint density at radius 1 is 0.762 bits per heavy atom. The molecule has 14 heteroatoms. The summed E-state index contributed by atoms with van der Waals surface area (Å²) in [6.07, 6.45) is 3.32. The van der Waals surface area contributed by atoms with Crippen molar-refractivity contribution in [1.82, 2.24) is 26.6 Å². The maximum atomic E-state index is 13.3. The summed E-state index contributed by atoms with van der Waals surface area (Å²) in [5.74, 6) is -5.76. The van der Waals surface area contributed by atoms with Crippen LogP contribution in [0, 0.1) is 11.8 Å². The number of hydrogen-bond acceptors (Lipinski definition) is 9. The van der Waals surface area contributed by atoms with E-state index in [0.717, 1.165) is 25.7 Å². The minimum absolute atomic E-state index is 0.118. The van der Waals surface area contributed by atoms with E-state index in [4.69, 9.17) is 4.74 Å². The summed E-state index contributed by atoms with van der Waals surface area (Å²) < 4.78 is 5.55. The van der Waals surface area contributed by atoms with Gasteiger partial charge in [0, 0.05) is 6.42 Å². The Balaban J connectivity index is 3.39. The minimum atomic E-state index is -1.57. The average molecular weight is 600 g/mol. The molecule has 0 aromatic rings. The van der Waals surface area contributed by atoms with Crippen molar-refractivity contribution in [2.75, 3.05) is 13.2 Å². The quantitative estimate of drug-likeness (QED) is 0.115. The summed E-state index contributed by atoms with van der Waals surface area (Å²) in [5.41, 5.74) is 0. The molecule has 1 rings (SSSR count). The van der Waals surface area contributed by atoms with Crippen LogP contribution in [0.15, 0.2) is 0 Å². The van der Waals surface area contributed by atoms with Crippen LogP contribution < -0.4 is 26.6 Å². The lowest BCUT2D eigenvalue weighted by atomic mass is 9.99. The highest BCUT2D eigenvalue weighted by Crippen LogP contribution is 2.12. The van der Waals surface area contributed by atoms with Crippen LogP contribution in [0.25, 0.3) is 0 Å². The van der Waals surface area contributed by atoms with Gasteiger partial charge in [-0.1, -0.05) is 60.3 Å². The van der Waals surface area contributed by atoms with Gasteiger partial charge < -0.3 is 41.5 Å². The average Bonchev–Trinajstić information content (AvgIpc) is 2.92. The molecule has 1 fully saturated rings. The maximum absolute atomic E-state index is 13.3. The van der Waals surface area contributed by atoms with Gasteiger partial charge >= 0.3 is 5.97 Å². The van der Waals surface area contributed by atoms with Crippen LogP contribution in [0.4, 0.5) is 0 Å². The molecule has 0 spiro atoms. The number of cyclic esters (lactones) is 1. The monoisotopic (exact) mass is 599 g/mol. The minimum Gasteiger partial charge on any atom is -0.458 e. The van der Waals surface area contributed by atoms with Gasteiger partial charge in [-0.2, -0.15) is 0 Å². The van der Waals surface area contributed by atoms with E-state index in [1.54, 1.807) is 27.7 Å². The molecule has 42 heavy (non-hydrogen) atoms. The van der Waals surface area contributed by atoms with Crippen molar-refractivity contribution >= 4 is 35.5 Å². The van der Waals surface area contributed by atoms with E-state index in [1.165, 1.54) is 6.92 Å².